The molecule has 0 fully saturated rings. The quantitative estimate of drug-likeness (QED) is 0.942. The lowest BCUT2D eigenvalue weighted by Crippen LogP contribution is -2.29. The lowest BCUT2D eigenvalue weighted by atomic mass is 10.3. The zero-order valence-electron chi connectivity index (χ0n) is 10.6. The van der Waals surface area contributed by atoms with E-state index in [-0.39, 0.29) is 17.1 Å². The Hall–Kier alpha value is -2.21. The lowest BCUT2D eigenvalue weighted by Gasteiger charge is -2.07. The van der Waals surface area contributed by atoms with Crippen LogP contribution >= 0.6 is 11.6 Å². The highest BCUT2D eigenvalue weighted by Gasteiger charge is 2.08. The summed E-state index contributed by atoms with van der Waals surface area (Å²) in [6.45, 7) is 1.49. The van der Waals surface area contributed by atoms with Crippen LogP contribution in [0.5, 0.6) is 0 Å². The first-order chi connectivity index (χ1) is 9.45. The summed E-state index contributed by atoms with van der Waals surface area (Å²) >= 11 is 5.61. The molecule has 5 nitrogen and oxygen atoms in total. The molecule has 0 aliphatic heterocycles. The predicted molar refractivity (Wildman–Crippen MR) is 73.3 cm³/mol. The van der Waals surface area contributed by atoms with Crippen LogP contribution in [0, 0.1) is 12.7 Å². The number of aryl methyl sites for hydroxylation is 1. The van der Waals surface area contributed by atoms with Gasteiger partial charge in [0.15, 0.2) is 0 Å². The van der Waals surface area contributed by atoms with Gasteiger partial charge in [-0.05, 0) is 31.2 Å². The van der Waals surface area contributed by atoms with Gasteiger partial charge in [0.1, 0.15) is 12.4 Å². The second-order valence-electron chi connectivity index (χ2n) is 4.15. The number of nitrogens with zero attached hydrogens (tertiary/aromatic N) is 2. The number of carbonyl (C=O) groups is 1. The molecule has 0 saturated carbocycles. The SMILES string of the molecule is Cc1ccc(=O)n(CC(=O)Nc2ccc(F)c(Cl)c2)n1. The average Bonchev–Trinajstić information content (AvgIpc) is 2.38. The number of rotatable bonds is 3. The van der Waals surface area contributed by atoms with Gasteiger partial charge in [0.2, 0.25) is 5.91 Å². The lowest BCUT2D eigenvalue weighted by molar-refractivity contribution is -0.117. The molecule has 0 bridgehead atoms. The summed E-state index contributed by atoms with van der Waals surface area (Å²) < 4.78 is 14.0. The molecule has 1 heterocycles. The minimum Gasteiger partial charge on any atom is -0.324 e. The maximum atomic E-state index is 13.0. The summed E-state index contributed by atoms with van der Waals surface area (Å²) in [6, 6.07) is 6.72. The Morgan fingerprint density at radius 2 is 2.15 bits per heavy atom. The van der Waals surface area contributed by atoms with E-state index in [1.165, 1.54) is 18.2 Å². The van der Waals surface area contributed by atoms with Crippen molar-refractivity contribution in [1.29, 1.82) is 0 Å². The van der Waals surface area contributed by atoms with Crippen LogP contribution in [0.2, 0.25) is 5.02 Å². The molecular formula is C13H11ClFN3O2. The molecule has 20 heavy (non-hydrogen) atoms. The molecule has 0 atom stereocenters. The minimum absolute atomic E-state index is 0.0892. The molecule has 0 unspecified atom stereocenters. The van der Waals surface area contributed by atoms with Crippen molar-refractivity contribution in [3.63, 3.8) is 0 Å². The van der Waals surface area contributed by atoms with Gasteiger partial charge in [-0.15, -0.1) is 0 Å². The third-order valence-corrected chi connectivity index (χ3v) is 2.79. The summed E-state index contributed by atoms with van der Waals surface area (Å²) in [5.41, 5.74) is 0.604. The maximum absolute atomic E-state index is 13.0. The van der Waals surface area contributed by atoms with Crippen LogP contribution in [0.15, 0.2) is 35.1 Å². The highest BCUT2D eigenvalue weighted by molar-refractivity contribution is 6.31. The molecule has 1 aromatic carbocycles. The van der Waals surface area contributed by atoms with Crippen molar-refractivity contribution in [2.45, 2.75) is 13.5 Å². The van der Waals surface area contributed by atoms with Gasteiger partial charge < -0.3 is 5.32 Å². The molecule has 0 aliphatic rings. The van der Waals surface area contributed by atoms with Crippen molar-refractivity contribution < 1.29 is 9.18 Å². The topological polar surface area (TPSA) is 64.0 Å². The van der Waals surface area contributed by atoms with Crippen molar-refractivity contribution >= 4 is 23.2 Å². The van der Waals surface area contributed by atoms with Crippen LogP contribution in [-0.2, 0) is 11.3 Å². The van der Waals surface area contributed by atoms with Crippen molar-refractivity contribution in [3.05, 3.63) is 57.2 Å². The molecule has 0 aliphatic carbocycles. The third kappa shape index (κ3) is 3.42. The number of amides is 1. The summed E-state index contributed by atoms with van der Waals surface area (Å²) in [5, 5.41) is 6.37. The van der Waals surface area contributed by atoms with Crippen LogP contribution in [0.4, 0.5) is 10.1 Å². The summed E-state index contributed by atoms with van der Waals surface area (Å²) in [5.74, 6) is -1.02. The number of aromatic nitrogens is 2. The number of hydrogen-bond donors (Lipinski definition) is 1. The molecule has 2 aromatic rings. The molecule has 1 N–H and O–H groups in total. The van der Waals surface area contributed by atoms with E-state index in [0.29, 0.717) is 11.4 Å². The van der Waals surface area contributed by atoms with Crippen molar-refractivity contribution in [2.75, 3.05) is 5.32 Å². The Balaban J connectivity index is 2.11. The number of nitrogens with one attached hydrogen (secondary N) is 1. The second-order valence-corrected chi connectivity index (χ2v) is 4.55. The van der Waals surface area contributed by atoms with Crippen molar-refractivity contribution in [3.8, 4) is 0 Å². The second kappa shape index (κ2) is 5.83. The van der Waals surface area contributed by atoms with Crippen LogP contribution < -0.4 is 10.9 Å². The molecule has 2 rings (SSSR count). The van der Waals surface area contributed by atoms with Gasteiger partial charge in [0.05, 0.1) is 10.7 Å². The zero-order chi connectivity index (χ0) is 14.7. The molecule has 0 spiro atoms. The van der Waals surface area contributed by atoms with E-state index in [4.69, 9.17) is 11.6 Å². The van der Waals surface area contributed by atoms with E-state index < -0.39 is 11.7 Å². The van der Waals surface area contributed by atoms with Gasteiger partial charge in [-0.3, -0.25) is 9.59 Å². The Bertz CT molecular complexity index is 715. The molecule has 1 amide bonds. The number of carbonyl (C=O) groups excluding carboxylic acids is 1. The molecule has 0 saturated heterocycles. The first-order valence-electron chi connectivity index (χ1n) is 5.75. The number of hydrogen-bond acceptors (Lipinski definition) is 3. The Kier molecular flexibility index (Phi) is 4.14. The average molecular weight is 296 g/mol. The monoisotopic (exact) mass is 295 g/mol. The highest BCUT2D eigenvalue weighted by atomic mass is 35.5. The molecule has 0 radical (unpaired) electrons. The van der Waals surface area contributed by atoms with E-state index in [1.807, 2.05) is 0 Å². The van der Waals surface area contributed by atoms with E-state index in [9.17, 15) is 14.0 Å². The van der Waals surface area contributed by atoms with Crippen LogP contribution in [0.25, 0.3) is 0 Å². The molecular weight excluding hydrogens is 285 g/mol. The highest BCUT2D eigenvalue weighted by Crippen LogP contribution is 2.19. The minimum atomic E-state index is -0.568. The maximum Gasteiger partial charge on any atom is 0.267 e. The van der Waals surface area contributed by atoms with Crippen LogP contribution in [0.1, 0.15) is 5.69 Å². The number of halogens is 2. The molecule has 7 heteroatoms. The van der Waals surface area contributed by atoms with Gasteiger partial charge in [-0.25, -0.2) is 9.07 Å². The number of benzene rings is 1. The van der Waals surface area contributed by atoms with Gasteiger partial charge >= 0.3 is 0 Å². The first kappa shape index (κ1) is 14.2. The summed E-state index contributed by atoms with van der Waals surface area (Å²) in [6.07, 6.45) is 0. The van der Waals surface area contributed by atoms with Gasteiger partial charge in [-0.1, -0.05) is 11.6 Å². The standard InChI is InChI=1S/C13H11ClFN3O2/c1-8-2-5-13(20)18(17-8)7-12(19)16-9-3-4-11(15)10(14)6-9/h2-6H,7H2,1H3,(H,16,19). The Morgan fingerprint density at radius 3 is 2.85 bits per heavy atom. The van der Waals surface area contributed by atoms with E-state index in [2.05, 4.69) is 10.4 Å². The normalized spacial score (nSPS) is 10.3. The fraction of sp³-hybridized carbons (Fsp3) is 0.154. The van der Waals surface area contributed by atoms with E-state index in [0.717, 1.165) is 10.7 Å². The Labute approximate surface area is 119 Å². The summed E-state index contributed by atoms with van der Waals surface area (Å²) in [4.78, 5) is 23.3. The number of anilines is 1. The fourth-order valence-corrected chi connectivity index (χ4v) is 1.76. The van der Waals surface area contributed by atoms with Crippen LogP contribution in [-0.4, -0.2) is 15.7 Å². The van der Waals surface area contributed by atoms with Gasteiger partial charge in [0, 0.05) is 11.8 Å². The predicted octanol–water partition coefficient (Wildman–Crippen LogP) is 1.98. The van der Waals surface area contributed by atoms with Crippen molar-refractivity contribution in [1.82, 2.24) is 9.78 Å². The first-order valence-corrected chi connectivity index (χ1v) is 6.13. The Morgan fingerprint density at radius 1 is 1.40 bits per heavy atom. The summed E-state index contributed by atoms with van der Waals surface area (Å²) in [7, 11) is 0. The van der Waals surface area contributed by atoms with E-state index in [1.54, 1.807) is 13.0 Å². The van der Waals surface area contributed by atoms with Gasteiger partial charge in [0.25, 0.3) is 5.56 Å². The molecule has 1 aromatic heterocycles. The zero-order valence-corrected chi connectivity index (χ0v) is 11.3. The smallest absolute Gasteiger partial charge is 0.267 e. The molecule has 104 valence electrons. The largest absolute Gasteiger partial charge is 0.324 e. The fourth-order valence-electron chi connectivity index (χ4n) is 1.57. The van der Waals surface area contributed by atoms with Gasteiger partial charge in [-0.2, -0.15) is 5.10 Å². The van der Waals surface area contributed by atoms with Crippen LogP contribution in [0.3, 0.4) is 0 Å². The van der Waals surface area contributed by atoms with E-state index >= 15 is 0 Å². The third-order valence-electron chi connectivity index (χ3n) is 2.50. The van der Waals surface area contributed by atoms with Crippen molar-refractivity contribution in [2.24, 2.45) is 0 Å².